The van der Waals surface area contributed by atoms with Crippen LogP contribution in [-0.4, -0.2) is 55.6 Å². The topological polar surface area (TPSA) is 77.1 Å². The molecule has 0 unspecified atom stereocenters. The summed E-state index contributed by atoms with van der Waals surface area (Å²) in [7, 11) is 0. The van der Waals surface area contributed by atoms with Crippen LogP contribution in [0, 0.1) is 0 Å². The Kier molecular flexibility index (Phi) is 9.52. The summed E-state index contributed by atoms with van der Waals surface area (Å²) in [5.41, 5.74) is 5.56. The third-order valence-electron chi connectivity index (χ3n) is 7.62. The number of fused-ring (bicyclic) bond motifs is 4. The Morgan fingerprint density at radius 3 is 2.05 bits per heavy atom. The summed E-state index contributed by atoms with van der Waals surface area (Å²) in [4.78, 5) is 28.3. The number of nitrogens with one attached hydrogen (secondary N) is 1. The van der Waals surface area contributed by atoms with Gasteiger partial charge < -0.3 is 24.4 Å². The lowest BCUT2D eigenvalue weighted by Crippen LogP contribution is -2.49. The second kappa shape index (κ2) is 13.6. The first kappa shape index (κ1) is 29.3. The molecule has 1 aliphatic carbocycles. The first-order chi connectivity index (χ1) is 20.5. The van der Waals surface area contributed by atoms with Crippen molar-refractivity contribution in [3.05, 3.63) is 108 Å². The van der Waals surface area contributed by atoms with E-state index in [1.54, 1.807) is 11.8 Å². The average Bonchev–Trinajstić information content (AvgIpc) is 3.33. The van der Waals surface area contributed by atoms with Gasteiger partial charge in [0.25, 0.3) is 0 Å². The first-order valence-corrected chi connectivity index (χ1v) is 14.6. The van der Waals surface area contributed by atoms with Crippen LogP contribution in [0.1, 0.15) is 43.4 Å². The largest absolute Gasteiger partial charge is 0.449 e. The van der Waals surface area contributed by atoms with Crippen molar-refractivity contribution in [2.75, 3.05) is 26.4 Å². The van der Waals surface area contributed by atoms with Gasteiger partial charge in [0, 0.05) is 25.7 Å². The Bertz CT molecular complexity index is 1490. The molecule has 0 saturated carbocycles. The van der Waals surface area contributed by atoms with Gasteiger partial charge in [0.15, 0.2) is 6.29 Å². The number of alkyl carbamates (subject to hydrolysis) is 1. The molecule has 4 aromatic rings. The van der Waals surface area contributed by atoms with Gasteiger partial charge in [0.2, 0.25) is 5.91 Å². The normalized spacial score (nSPS) is 13.0. The van der Waals surface area contributed by atoms with E-state index in [4.69, 9.17) is 14.2 Å². The van der Waals surface area contributed by atoms with E-state index in [0.717, 1.165) is 38.6 Å². The van der Waals surface area contributed by atoms with Crippen LogP contribution in [0.25, 0.3) is 21.9 Å². The Morgan fingerprint density at radius 1 is 0.810 bits per heavy atom. The van der Waals surface area contributed by atoms with Crippen LogP contribution in [0.3, 0.4) is 0 Å². The molecule has 0 aromatic heterocycles. The van der Waals surface area contributed by atoms with Crippen LogP contribution in [0.5, 0.6) is 0 Å². The van der Waals surface area contributed by atoms with Crippen LogP contribution in [0.4, 0.5) is 4.79 Å². The SMILES string of the molecule is CCOC(CN(Cc1ccc2ccccc2c1)C(=O)[C@H](C)NC(=O)OCC1c2ccccc2-c2ccccc21)OCC. The Labute approximate surface area is 247 Å². The maximum Gasteiger partial charge on any atom is 0.407 e. The molecule has 0 fully saturated rings. The number of amides is 2. The Balaban J connectivity index is 1.26. The summed E-state index contributed by atoms with van der Waals surface area (Å²) in [6.45, 7) is 7.12. The average molecular weight is 567 g/mol. The van der Waals surface area contributed by atoms with Crippen LogP contribution in [-0.2, 0) is 25.5 Å². The quantitative estimate of drug-likeness (QED) is 0.198. The summed E-state index contributed by atoms with van der Waals surface area (Å²) < 4.78 is 17.2. The zero-order valence-corrected chi connectivity index (χ0v) is 24.4. The van der Waals surface area contributed by atoms with Crippen LogP contribution in [0.2, 0.25) is 0 Å². The second-order valence-electron chi connectivity index (χ2n) is 10.4. The van der Waals surface area contributed by atoms with E-state index < -0.39 is 18.4 Å². The standard InChI is InChI=1S/C35H38N2O5/c1-4-40-33(41-5-2)22-37(21-25-18-19-26-12-6-7-13-27(26)20-25)34(38)24(3)36-35(39)42-23-32-30-16-10-8-14-28(30)29-15-9-11-17-31(29)32/h6-20,24,32-33H,4-5,21-23H2,1-3H3,(H,36,39)/t24-/m0/s1. The predicted molar refractivity (Wildman–Crippen MR) is 164 cm³/mol. The van der Waals surface area contributed by atoms with E-state index in [-0.39, 0.29) is 25.0 Å². The van der Waals surface area contributed by atoms with Crippen molar-refractivity contribution in [3.63, 3.8) is 0 Å². The molecule has 42 heavy (non-hydrogen) atoms. The van der Waals surface area contributed by atoms with Gasteiger partial charge in [-0.25, -0.2) is 4.79 Å². The number of carbonyl (C=O) groups is 2. The van der Waals surface area contributed by atoms with Crippen LogP contribution < -0.4 is 5.32 Å². The van der Waals surface area contributed by atoms with Gasteiger partial charge in [-0.3, -0.25) is 4.79 Å². The third-order valence-corrected chi connectivity index (χ3v) is 7.62. The molecule has 2 amide bonds. The minimum absolute atomic E-state index is 0.0586. The molecule has 1 N–H and O–H groups in total. The van der Waals surface area contributed by atoms with Crippen LogP contribution in [0.15, 0.2) is 91.0 Å². The fourth-order valence-corrected chi connectivity index (χ4v) is 5.65. The molecule has 0 saturated heterocycles. The van der Waals surface area contributed by atoms with Crippen molar-refractivity contribution in [1.29, 1.82) is 0 Å². The fourth-order valence-electron chi connectivity index (χ4n) is 5.65. The smallest absolute Gasteiger partial charge is 0.407 e. The third kappa shape index (κ3) is 6.64. The van der Waals surface area contributed by atoms with Gasteiger partial charge >= 0.3 is 6.09 Å². The number of hydrogen-bond acceptors (Lipinski definition) is 5. The highest BCUT2D eigenvalue weighted by Crippen LogP contribution is 2.44. The van der Waals surface area contributed by atoms with Crippen LogP contribution >= 0.6 is 0 Å². The van der Waals surface area contributed by atoms with Gasteiger partial charge in [0.05, 0.1) is 6.54 Å². The number of ether oxygens (including phenoxy) is 3. The molecule has 1 atom stereocenters. The molecule has 0 spiro atoms. The molecule has 0 bridgehead atoms. The molecule has 7 heteroatoms. The van der Waals surface area contributed by atoms with E-state index in [1.807, 2.05) is 62.4 Å². The maximum atomic E-state index is 13.7. The lowest BCUT2D eigenvalue weighted by molar-refractivity contribution is -0.160. The number of rotatable bonds is 12. The van der Waals surface area contributed by atoms with Crippen molar-refractivity contribution < 1.29 is 23.8 Å². The monoisotopic (exact) mass is 566 g/mol. The minimum atomic E-state index is -0.815. The number of carbonyl (C=O) groups excluding carboxylic acids is 2. The zero-order valence-electron chi connectivity index (χ0n) is 24.4. The van der Waals surface area contributed by atoms with Crippen molar-refractivity contribution in [3.8, 4) is 11.1 Å². The van der Waals surface area contributed by atoms with E-state index in [1.165, 1.54) is 0 Å². The summed E-state index contributed by atoms with van der Waals surface area (Å²) in [6.07, 6.45) is -1.21. The summed E-state index contributed by atoms with van der Waals surface area (Å²) in [6, 6.07) is 29.8. The van der Waals surface area contributed by atoms with Crippen molar-refractivity contribution in [1.82, 2.24) is 10.2 Å². The molecular weight excluding hydrogens is 528 g/mol. The molecular formula is C35H38N2O5. The fraction of sp³-hybridized carbons (Fsp3) is 0.314. The van der Waals surface area contributed by atoms with Gasteiger partial charge in [-0.2, -0.15) is 0 Å². The number of nitrogens with zero attached hydrogens (tertiary/aromatic N) is 1. The zero-order chi connectivity index (χ0) is 29.5. The van der Waals surface area contributed by atoms with Gasteiger partial charge in [0.1, 0.15) is 12.6 Å². The van der Waals surface area contributed by atoms with Gasteiger partial charge in [-0.1, -0.05) is 84.9 Å². The Morgan fingerprint density at radius 2 is 1.40 bits per heavy atom. The highest BCUT2D eigenvalue weighted by Gasteiger charge is 2.30. The second-order valence-corrected chi connectivity index (χ2v) is 10.4. The minimum Gasteiger partial charge on any atom is -0.449 e. The Hall–Kier alpha value is -4.20. The van der Waals surface area contributed by atoms with E-state index in [2.05, 4.69) is 47.8 Å². The summed E-state index contributed by atoms with van der Waals surface area (Å²) in [5.74, 6) is -0.308. The lowest BCUT2D eigenvalue weighted by atomic mass is 9.98. The van der Waals surface area contributed by atoms with Crippen molar-refractivity contribution >= 4 is 22.8 Å². The van der Waals surface area contributed by atoms with E-state index in [9.17, 15) is 9.59 Å². The summed E-state index contributed by atoms with van der Waals surface area (Å²) >= 11 is 0. The molecule has 218 valence electrons. The molecule has 1 aliphatic rings. The maximum absolute atomic E-state index is 13.7. The van der Waals surface area contributed by atoms with E-state index in [0.29, 0.717) is 19.8 Å². The molecule has 0 heterocycles. The lowest BCUT2D eigenvalue weighted by Gasteiger charge is -2.30. The number of benzene rings is 4. The number of hydrogen-bond donors (Lipinski definition) is 1. The molecule has 7 nitrogen and oxygen atoms in total. The van der Waals surface area contributed by atoms with Gasteiger partial charge in [-0.15, -0.1) is 0 Å². The van der Waals surface area contributed by atoms with E-state index >= 15 is 0 Å². The van der Waals surface area contributed by atoms with Gasteiger partial charge in [-0.05, 0) is 65.4 Å². The van der Waals surface area contributed by atoms with Crippen molar-refractivity contribution in [2.45, 2.75) is 45.6 Å². The molecule has 5 rings (SSSR count). The highest BCUT2D eigenvalue weighted by atomic mass is 16.7. The summed E-state index contributed by atoms with van der Waals surface area (Å²) in [5, 5.41) is 4.98. The highest BCUT2D eigenvalue weighted by molar-refractivity contribution is 5.86. The van der Waals surface area contributed by atoms with Crippen molar-refractivity contribution in [2.24, 2.45) is 0 Å². The molecule has 4 aromatic carbocycles. The first-order valence-electron chi connectivity index (χ1n) is 14.6. The molecule has 0 aliphatic heterocycles. The predicted octanol–water partition coefficient (Wildman–Crippen LogP) is 6.49. The molecule has 0 radical (unpaired) electrons.